The van der Waals surface area contributed by atoms with E-state index in [1.165, 1.54) is 61.4 Å². The van der Waals surface area contributed by atoms with Crippen LogP contribution in [0.25, 0.3) is 55.0 Å². The second-order valence-electron chi connectivity index (χ2n) is 10.1. The van der Waals surface area contributed by atoms with E-state index in [4.69, 9.17) is 0 Å². The molecule has 0 aliphatic rings. The van der Waals surface area contributed by atoms with E-state index in [1.54, 1.807) is 0 Å². The van der Waals surface area contributed by atoms with Gasteiger partial charge in [0.1, 0.15) is 0 Å². The Morgan fingerprint density at radius 3 is 0.614 bits per heavy atom. The van der Waals surface area contributed by atoms with Gasteiger partial charge in [0.05, 0.1) is 22.1 Å². The van der Waals surface area contributed by atoms with Crippen LogP contribution in [0.3, 0.4) is 0 Å². The Morgan fingerprint density at radius 1 is 0.263 bits per heavy atom. The molecule has 0 saturated heterocycles. The lowest BCUT2D eigenvalue weighted by Gasteiger charge is -2.06. The maximum Gasteiger partial charge on any atom is 0.0541 e. The molecule has 0 spiro atoms. The van der Waals surface area contributed by atoms with Crippen molar-refractivity contribution in [3.8, 4) is 11.4 Å². The molecule has 0 N–H and O–H groups in total. The largest absolute Gasteiger partial charge is 0.309 e. The molecule has 8 aromatic rings. The molecule has 2 heteroatoms. The van der Waals surface area contributed by atoms with Gasteiger partial charge in [0.25, 0.3) is 0 Å². The molecule has 0 bridgehead atoms. The zero-order valence-electron chi connectivity index (χ0n) is 37.6. The number of hydrogen-bond donors (Lipinski definition) is 0. The van der Waals surface area contributed by atoms with Crippen molar-refractivity contribution in [3.05, 3.63) is 158 Å². The third-order valence-corrected chi connectivity index (χ3v) is 7.19. The first-order chi connectivity index (χ1) is 27.3. The average molecular weight is 773 g/mol. The van der Waals surface area contributed by atoms with Crippen molar-refractivity contribution in [2.75, 3.05) is 0 Å². The highest BCUT2D eigenvalue weighted by Crippen LogP contribution is 2.32. The Labute approximate surface area is 352 Å². The topological polar surface area (TPSA) is 9.86 Å². The molecule has 0 fully saturated rings. The van der Waals surface area contributed by atoms with Crippen LogP contribution >= 0.6 is 0 Å². The predicted octanol–water partition coefficient (Wildman–Crippen LogP) is 19.4. The van der Waals surface area contributed by atoms with E-state index in [0.717, 1.165) is 0 Å². The molecule has 6 aromatic carbocycles. The minimum Gasteiger partial charge on any atom is -0.309 e. The molecule has 0 atom stereocenters. The maximum atomic E-state index is 2.32. The Bertz CT molecular complexity index is 1770. The summed E-state index contributed by atoms with van der Waals surface area (Å²) in [6.45, 7) is 32.2. The van der Waals surface area contributed by atoms with E-state index < -0.39 is 0 Å². The van der Waals surface area contributed by atoms with Crippen molar-refractivity contribution in [1.29, 1.82) is 0 Å². The van der Waals surface area contributed by atoms with Crippen LogP contribution in [-0.4, -0.2) is 9.13 Å². The van der Waals surface area contributed by atoms with E-state index in [1.807, 2.05) is 96.9 Å². The Balaban J connectivity index is -0.000000350. The first kappa shape index (κ1) is 58.6. The van der Waals surface area contributed by atoms with E-state index in [9.17, 15) is 0 Å². The summed E-state index contributed by atoms with van der Waals surface area (Å²) in [5, 5.41) is 5.23. The molecule has 0 aliphatic carbocycles. The SMILES string of the molecule is C.C.CC.CC.CC.CC.CC.CC.CC.CCC.c1ccc(-n2c3ccccc3c3ccccc32)cc1.c1ccc(-n2c3ccccc3c3ccccc32)cc1. The summed E-state index contributed by atoms with van der Waals surface area (Å²) in [7, 11) is 0. The Morgan fingerprint density at radius 2 is 0.421 bits per heavy atom. The van der Waals surface area contributed by atoms with Crippen LogP contribution in [0.15, 0.2) is 158 Å². The standard InChI is InChI=1S/2C18H13N.C3H8.7C2H6.2CH4/c2*1-2-8-14(9-3-1)19-17-12-6-4-10-15(17)16-11-5-7-13-18(16)19;1-3-2;7*1-2;;/h2*1-13H;3H2,1-2H3;7*1-2H3;2*1H4. The number of aromatic nitrogens is 2. The minimum atomic E-state index is 0. The van der Waals surface area contributed by atoms with Gasteiger partial charge in [0, 0.05) is 32.9 Å². The molecule has 8 rings (SSSR count). The van der Waals surface area contributed by atoms with E-state index in [-0.39, 0.29) is 14.9 Å². The Hall–Kier alpha value is -5.08. The first-order valence-corrected chi connectivity index (χ1v) is 21.4. The van der Waals surface area contributed by atoms with Crippen molar-refractivity contribution in [1.82, 2.24) is 9.13 Å². The number of fused-ring (bicyclic) bond motifs is 6. The summed E-state index contributed by atoms with van der Waals surface area (Å²) < 4.78 is 4.65. The molecular formula is C55H84N2. The predicted molar refractivity (Wildman–Crippen MR) is 270 cm³/mol. The van der Waals surface area contributed by atoms with Crippen molar-refractivity contribution in [3.63, 3.8) is 0 Å². The van der Waals surface area contributed by atoms with Crippen LogP contribution in [0.2, 0.25) is 0 Å². The van der Waals surface area contributed by atoms with Crippen molar-refractivity contribution >= 4 is 43.6 Å². The zero-order valence-corrected chi connectivity index (χ0v) is 37.6. The summed E-state index contributed by atoms with van der Waals surface area (Å²) >= 11 is 0. The second-order valence-corrected chi connectivity index (χ2v) is 10.1. The maximum absolute atomic E-state index is 2.32. The third kappa shape index (κ3) is 16.1. The van der Waals surface area contributed by atoms with Crippen molar-refractivity contribution in [2.45, 2.75) is 132 Å². The zero-order chi connectivity index (χ0) is 42.0. The van der Waals surface area contributed by atoms with E-state index >= 15 is 0 Å². The molecule has 0 amide bonds. The van der Waals surface area contributed by atoms with Gasteiger partial charge in [0.15, 0.2) is 0 Å². The molecule has 0 radical (unpaired) electrons. The monoisotopic (exact) mass is 773 g/mol. The van der Waals surface area contributed by atoms with E-state index in [2.05, 4.69) is 181 Å². The molecule has 0 saturated carbocycles. The van der Waals surface area contributed by atoms with Gasteiger partial charge in [-0.3, -0.25) is 0 Å². The van der Waals surface area contributed by atoms with Crippen LogP contribution in [0, 0.1) is 0 Å². The molecule has 57 heavy (non-hydrogen) atoms. The minimum absolute atomic E-state index is 0. The lowest BCUT2D eigenvalue weighted by molar-refractivity contribution is 1.09. The van der Waals surface area contributed by atoms with Crippen molar-refractivity contribution in [2.24, 2.45) is 0 Å². The van der Waals surface area contributed by atoms with Gasteiger partial charge in [-0.2, -0.15) is 0 Å². The van der Waals surface area contributed by atoms with Gasteiger partial charge in [-0.25, -0.2) is 0 Å². The first-order valence-electron chi connectivity index (χ1n) is 21.4. The summed E-state index contributed by atoms with van der Waals surface area (Å²) in [6.07, 6.45) is 1.25. The number of benzene rings is 6. The average Bonchev–Trinajstić information content (AvgIpc) is 3.83. The number of para-hydroxylation sites is 6. The number of rotatable bonds is 2. The normalized spacial score (nSPS) is 8.49. The smallest absolute Gasteiger partial charge is 0.0541 e. The summed E-state index contributed by atoms with van der Waals surface area (Å²) in [5.74, 6) is 0. The van der Waals surface area contributed by atoms with E-state index in [0.29, 0.717) is 0 Å². The lowest BCUT2D eigenvalue weighted by atomic mass is 10.2. The summed E-state index contributed by atoms with van der Waals surface area (Å²) in [4.78, 5) is 0. The quantitative estimate of drug-likeness (QED) is 0.166. The molecule has 0 unspecified atom stereocenters. The molecule has 0 aliphatic heterocycles. The van der Waals surface area contributed by atoms with Gasteiger partial charge in [-0.15, -0.1) is 0 Å². The van der Waals surface area contributed by atoms with Crippen LogP contribution in [0.1, 0.15) is 132 Å². The lowest BCUT2D eigenvalue weighted by Crippen LogP contribution is -1.92. The third-order valence-electron chi connectivity index (χ3n) is 7.19. The Kier molecular flexibility index (Phi) is 38.9. The van der Waals surface area contributed by atoms with Crippen LogP contribution in [0.4, 0.5) is 0 Å². The van der Waals surface area contributed by atoms with Gasteiger partial charge in [0.2, 0.25) is 0 Å². The summed E-state index contributed by atoms with van der Waals surface area (Å²) in [5.41, 5.74) is 7.45. The highest BCUT2D eigenvalue weighted by atomic mass is 15.0. The second kappa shape index (κ2) is 37.8. The van der Waals surface area contributed by atoms with Gasteiger partial charge < -0.3 is 9.13 Å². The van der Waals surface area contributed by atoms with Crippen molar-refractivity contribution < 1.29 is 0 Å². The number of nitrogens with zero attached hydrogens (tertiary/aromatic N) is 2. The molecular weight excluding hydrogens is 689 g/mol. The highest BCUT2D eigenvalue weighted by molar-refractivity contribution is 6.10. The molecule has 2 aromatic heterocycles. The van der Waals surface area contributed by atoms with Gasteiger partial charge in [-0.1, -0.05) is 241 Å². The fraction of sp³-hybridized carbons (Fsp3) is 0.345. The van der Waals surface area contributed by atoms with Gasteiger partial charge in [-0.05, 0) is 48.5 Å². The summed E-state index contributed by atoms with van der Waals surface area (Å²) in [6, 6.07) is 55.3. The molecule has 2 heterocycles. The highest BCUT2D eigenvalue weighted by Gasteiger charge is 2.11. The van der Waals surface area contributed by atoms with Crippen LogP contribution < -0.4 is 0 Å². The number of hydrogen-bond acceptors (Lipinski definition) is 0. The molecule has 2 nitrogen and oxygen atoms in total. The van der Waals surface area contributed by atoms with Crippen LogP contribution in [-0.2, 0) is 0 Å². The molecule has 314 valence electrons. The van der Waals surface area contributed by atoms with Crippen LogP contribution in [0.5, 0.6) is 0 Å². The van der Waals surface area contributed by atoms with Gasteiger partial charge >= 0.3 is 0 Å². The fourth-order valence-corrected chi connectivity index (χ4v) is 5.56. The fourth-order valence-electron chi connectivity index (χ4n) is 5.56.